The third-order valence-electron chi connectivity index (χ3n) is 6.36. The number of carboxylic acid groups (broad SMARTS) is 1. The first kappa shape index (κ1) is 24.8. The Balaban J connectivity index is 1.94. The molecule has 1 aliphatic heterocycles. The number of aliphatic carboxylic acids is 1. The van der Waals surface area contributed by atoms with E-state index in [4.69, 9.17) is 9.47 Å². The zero-order valence-electron chi connectivity index (χ0n) is 20.0. The lowest BCUT2D eigenvalue weighted by Crippen LogP contribution is -2.51. The topological polar surface area (TPSA) is 96.3 Å². The lowest BCUT2D eigenvalue weighted by molar-refractivity contribution is -0.148. The highest BCUT2D eigenvalue weighted by molar-refractivity contribution is 6.76. The van der Waals surface area contributed by atoms with Crippen molar-refractivity contribution in [2.24, 2.45) is 0 Å². The Kier molecular flexibility index (Phi) is 6.64. The molecule has 1 saturated heterocycles. The van der Waals surface area contributed by atoms with Gasteiger partial charge in [0.15, 0.2) is 0 Å². The van der Waals surface area contributed by atoms with Gasteiger partial charge < -0.3 is 19.7 Å². The van der Waals surface area contributed by atoms with Crippen molar-refractivity contribution in [2.75, 3.05) is 20.3 Å². The Labute approximate surface area is 195 Å². The smallest absolute Gasteiger partial charge is 0.410 e. The van der Waals surface area contributed by atoms with Crippen LogP contribution in [0, 0.1) is 0 Å². The third-order valence-corrected chi connectivity index (χ3v) is 8.06. The van der Waals surface area contributed by atoms with Crippen LogP contribution < -0.4 is 4.74 Å². The monoisotopic (exact) mass is 471 g/mol. The molecule has 0 aliphatic carbocycles. The summed E-state index contributed by atoms with van der Waals surface area (Å²) in [5.74, 6) is -0.490. The first-order valence-corrected chi connectivity index (χ1v) is 14.7. The van der Waals surface area contributed by atoms with Gasteiger partial charge in [-0.2, -0.15) is 0 Å². The number of hydrogen-bond donors (Lipinski definition) is 2. The number of fused-ring (bicyclic) bond motifs is 1. The predicted molar refractivity (Wildman–Crippen MR) is 131 cm³/mol. The molecule has 0 radical (unpaired) electrons. The highest BCUT2D eigenvalue weighted by Crippen LogP contribution is 2.43. The Morgan fingerprint density at radius 1 is 1.21 bits per heavy atom. The number of likely N-dealkylation sites (tertiary alicyclic amines) is 1. The van der Waals surface area contributed by atoms with Crippen molar-refractivity contribution in [3.63, 3.8) is 0 Å². The molecular formula is C25H33NO6Si. The molecule has 3 rings (SSSR count). The lowest BCUT2D eigenvalue weighted by Gasteiger charge is -2.30. The Morgan fingerprint density at radius 3 is 2.48 bits per heavy atom. The van der Waals surface area contributed by atoms with Crippen LogP contribution in [0.5, 0.6) is 5.75 Å². The van der Waals surface area contributed by atoms with Crippen LogP contribution in [0.3, 0.4) is 0 Å². The number of benzene rings is 2. The minimum Gasteiger partial charge on any atom is -0.496 e. The fraction of sp³-hybridized carbons (Fsp3) is 0.440. The molecule has 8 heteroatoms. The van der Waals surface area contributed by atoms with Crippen LogP contribution in [0.2, 0.25) is 25.7 Å². The van der Waals surface area contributed by atoms with Gasteiger partial charge in [-0.1, -0.05) is 44.4 Å². The fourth-order valence-corrected chi connectivity index (χ4v) is 4.96. The van der Waals surface area contributed by atoms with Gasteiger partial charge >= 0.3 is 12.1 Å². The van der Waals surface area contributed by atoms with Gasteiger partial charge in [0.1, 0.15) is 16.9 Å². The molecule has 1 amide bonds. The molecule has 33 heavy (non-hydrogen) atoms. The molecule has 1 fully saturated rings. The average molecular weight is 472 g/mol. The number of ether oxygens (including phenoxy) is 2. The summed E-state index contributed by atoms with van der Waals surface area (Å²) in [5.41, 5.74) is -1.77. The van der Waals surface area contributed by atoms with Crippen molar-refractivity contribution < 1.29 is 29.3 Å². The lowest BCUT2D eigenvalue weighted by atomic mass is 9.85. The number of β-amino-alcohol motifs (C(OH)–C–C–N with tert-alkyl or cyclic N) is 1. The summed E-state index contributed by atoms with van der Waals surface area (Å²) in [6.45, 7) is 11.9. The molecule has 2 unspecified atom stereocenters. The van der Waals surface area contributed by atoms with Gasteiger partial charge in [0.05, 0.1) is 20.3 Å². The number of rotatable bonds is 7. The molecule has 0 aromatic heterocycles. The zero-order chi connectivity index (χ0) is 24.6. The van der Waals surface area contributed by atoms with E-state index < -0.39 is 31.3 Å². The normalized spacial score (nSPS) is 22.9. The number of amides is 1. The van der Waals surface area contributed by atoms with E-state index in [2.05, 4.69) is 26.2 Å². The second-order valence-electron chi connectivity index (χ2n) is 10.2. The van der Waals surface area contributed by atoms with Gasteiger partial charge in [-0.25, -0.2) is 9.59 Å². The molecule has 178 valence electrons. The van der Waals surface area contributed by atoms with Gasteiger partial charge in [0, 0.05) is 20.1 Å². The van der Waals surface area contributed by atoms with E-state index in [1.165, 1.54) is 6.92 Å². The van der Waals surface area contributed by atoms with E-state index in [0.717, 1.165) is 27.3 Å². The summed E-state index contributed by atoms with van der Waals surface area (Å²) in [6.07, 6.45) is 0.831. The number of methoxy groups -OCH3 is 1. The van der Waals surface area contributed by atoms with E-state index in [1.54, 1.807) is 19.3 Å². The van der Waals surface area contributed by atoms with Gasteiger partial charge in [-0.15, -0.1) is 0 Å². The minimum absolute atomic E-state index is 0.144. The first-order chi connectivity index (χ1) is 15.3. The molecule has 7 nitrogen and oxygen atoms in total. The summed E-state index contributed by atoms with van der Waals surface area (Å²) in [5, 5.41) is 23.3. The third kappa shape index (κ3) is 4.91. The summed E-state index contributed by atoms with van der Waals surface area (Å²) >= 11 is 0. The number of carbonyl (C=O) groups is 2. The Bertz CT molecular complexity index is 1090. The molecule has 0 spiro atoms. The highest BCUT2D eigenvalue weighted by Gasteiger charge is 2.57. The van der Waals surface area contributed by atoms with E-state index in [-0.39, 0.29) is 19.6 Å². The summed E-state index contributed by atoms with van der Waals surface area (Å²) in [6, 6.07) is 10.0. The molecule has 1 aliphatic rings. The maximum Gasteiger partial charge on any atom is 0.410 e. The SMILES string of the molecule is C=Cc1cc2cc(C3(O)CN(C(=O)OCC[Si](C)(C)C)C(C)(C(=O)O)C3)ccc2cc1OC. The van der Waals surface area contributed by atoms with Gasteiger partial charge in [-0.3, -0.25) is 4.90 Å². The van der Waals surface area contributed by atoms with E-state index in [1.807, 2.05) is 24.3 Å². The summed E-state index contributed by atoms with van der Waals surface area (Å²) < 4.78 is 10.8. The van der Waals surface area contributed by atoms with Crippen LogP contribution in [0.1, 0.15) is 24.5 Å². The van der Waals surface area contributed by atoms with Crippen molar-refractivity contribution in [3.8, 4) is 5.75 Å². The fourth-order valence-electron chi connectivity index (χ4n) is 4.25. The zero-order valence-corrected chi connectivity index (χ0v) is 21.0. The van der Waals surface area contributed by atoms with Crippen molar-refractivity contribution in [2.45, 2.75) is 50.2 Å². The number of carboxylic acids is 1. The van der Waals surface area contributed by atoms with Gasteiger partial charge in [-0.05, 0) is 47.5 Å². The molecule has 0 saturated carbocycles. The van der Waals surface area contributed by atoms with Crippen molar-refractivity contribution >= 4 is 37.0 Å². The number of nitrogens with zero attached hydrogens (tertiary/aromatic N) is 1. The van der Waals surface area contributed by atoms with Crippen molar-refractivity contribution in [1.82, 2.24) is 4.90 Å². The Hall–Kier alpha value is -2.84. The molecule has 2 aromatic carbocycles. The summed E-state index contributed by atoms with van der Waals surface area (Å²) in [7, 11) is 0.171. The average Bonchev–Trinajstić information content (AvgIpc) is 3.04. The van der Waals surface area contributed by atoms with Crippen LogP contribution in [0.25, 0.3) is 16.8 Å². The maximum absolute atomic E-state index is 12.9. The van der Waals surface area contributed by atoms with Crippen LogP contribution >= 0.6 is 0 Å². The standard InChI is InChI=1S/C25H33NO6Si/c1-7-17-12-19-13-20(9-8-18(19)14-21(17)31-3)25(30)15-24(2,22(27)28)26(16-25)23(29)32-10-11-33(4,5)6/h7-9,12-14,30H,1,10-11,15-16H2,2-6H3,(H,27,28). The second-order valence-corrected chi connectivity index (χ2v) is 15.8. The molecule has 1 heterocycles. The predicted octanol–water partition coefficient (Wildman–Crippen LogP) is 4.70. The van der Waals surface area contributed by atoms with Gasteiger partial charge in [0.25, 0.3) is 0 Å². The molecule has 2 N–H and O–H groups in total. The number of carbonyl (C=O) groups excluding carboxylic acids is 1. The minimum atomic E-state index is -1.59. The first-order valence-electron chi connectivity index (χ1n) is 11.0. The molecular weight excluding hydrogens is 438 g/mol. The molecule has 2 aromatic rings. The van der Waals surface area contributed by atoms with E-state index in [0.29, 0.717) is 11.3 Å². The Morgan fingerprint density at radius 2 is 1.91 bits per heavy atom. The van der Waals surface area contributed by atoms with Crippen LogP contribution in [-0.2, 0) is 15.1 Å². The highest BCUT2D eigenvalue weighted by atomic mass is 28.3. The number of aliphatic hydroxyl groups is 1. The maximum atomic E-state index is 12.9. The molecule has 2 atom stereocenters. The number of hydrogen-bond acceptors (Lipinski definition) is 5. The largest absolute Gasteiger partial charge is 0.496 e. The van der Waals surface area contributed by atoms with E-state index in [9.17, 15) is 19.8 Å². The second kappa shape index (κ2) is 8.83. The summed E-state index contributed by atoms with van der Waals surface area (Å²) in [4.78, 5) is 26.2. The van der Waals surface area contributed by atoms with E-state index >= 15 is 0 Å². The molecule has 0 bridgehead atoms. The quantitative estimate of drug-likeness (QED) is 0.568. The van der Waals surface area contributed by atoms with Crippen molar-refractivity contribution in [1.29, 1.82) is 0 Å². The van der Waals surface area contributed by atoms with Crippen LogP contribution in [0.15, 0.2) is 36.9 Å². The van der Waals surface area contributed by atoms with Crippen molar-refractivity contribution in [3.05, 3.63) is 48.0 Å². The van der Waals surface area contributed by atoms with Gasteiger partial charge in [0.2, 0.25) is 0 Å². The van der Waals surface area contributed by atoms with Crippen LogP contribution in [-0.4, -0.2) is 61.0 Å². The van der Waals surface area contributed by atoms with Crippen LogP contribution in [0.4, 0.5) is 4.79 Å².